The van der Waals surface area contributed by atoms with Gasteiger partial charge in [0, 0.05) is 12.2 Å². The normalized spacial score (nSPS) is 11.8. The number of hydrazine groups is 1. The van der Waals surface area contributed by atoms with Crippen molar-refractivity contribution in [3.05, 3.63) is 11.8 Å². The van der Waals surface area contributed by atoms with Gasteiger partial charge in [0.1, 0.15) is 11.7 Å². The number of sulfonamides is 1. The molecule has 0 bridgehead atoms. The molecule has 0 spiro atoms. The van der Waals surface area contributed by atoms with Gasteiger partial charge in [0.05, 0.1) is 17.2 Å². The minimum absolute atomic E-state index is 0.0233. The number of nitrogens with zero attached hydrogens (tertiary/aromatic N) is 4. The largest absolute Gasteiger partial charge is 0.368 e. The van der Waals surface area contributed by atoms with Gasteiger partial charge >= 0.3 is 0 Å². The van der Waals surface area contributed by atoms with Crippen molar-refractivity contribution in [2.45, 2.75) is 19.9 Å². The van der Waals surface area contributed by atoms with Crippen LogP contribution >= 0.6 is 0 Å². The van der Waals surface area contributed by atoms with E-state index in [0.29, 0.717) is 16.6 Å². The molecule has 21 heavy (non-hydrogen) atoms. The molecule has 2 rings (SSSR count). The van der Waals surface area contributed by atoms with Crippen LogP contribution in [-0.2, 0) is 10.0 Å². The molecule has 0 fully saturated rings. The Morgan fingerprint density at radius 1 is 1.43 bits per heavy atom. The van der Waals surface area contributed by atoms with Crippen molar-refractivity contribution in [2.24, 2.45) is 0 Å². The van der Waals surface area contributed by atoms with E-state index in [1.165, 1.54) is 0 Å². The standard InChI is InChI=1S/C11H15N7O2S/c1-6(2)18-5-7(4-12)8-9(16-17-21(3,19)20)14-11(13)15-10(8)18/h5-6,17H,1-3H3,(H3,13,14,15,16). The Balaban J connectivity index is 2.68. The first-order valence-corrected chi connectivity index (χ1v) is 7.93. The van der Waals surface area contributed by atoms with Crippen LogP contribution in [-0.4, -0.2) is 29.2 Å². The lowest BCUT2D eigenvalue weighted by molar-refractivity contribution is 0.593. The highest BCUT2D eigenvalue weighted by molar-refractivity contribution is 7.88. The molecule has 2 aromatic heterocycles. The summed E-state index contributed by atoms with van der Waals surface area (Å²) in [6.45, 7) is 3.86. The van der Waals surface area contributed by atoms with Crippen LogP contribution in [0.2, 0.25) is 0 Å². The number of nitrogens with one attached hydrogen (secondary N) is 2. The summed E-state index contributed by atoms with van der Waals surface area (Å²) in [5.41, 5.74) is 8.90. The van der Waals surface area contributed by atoms with Gasteiger partial charge in [-0.05, 0) is 13.8 Å². The maximum absolute atomic E-state index is 11.2. The summed E-state index contributed by atoms with van der Waals surface area (Å²) in [6.07, 6.45) is 2.63. The Morgan fingerprint density at radius 2 is 2.10 bits per heavy atom. The molecule has 0 aliphatic rings. The second-order valence-corrected chi connectivity index (χ2v) is 6.53. The maximum atomic E-state index is 11.2. The third-order valence-electron chi connectivity index (χ3n) is 2.72. The minimum atomic E-state index is -3.48. The molecule has 0 aliphatic heterocycles. The topological polar surface area (TPSA) is 139 Å². The monoisotopic (exact) mass is 309 g/mol. The quantitative estimate of drug-likeness (QED) is 0.692. The zero-order valence-electron chi connectivity index (χ0n) is 11.7. The second-order valence-electron chi connectivity index (χ2n) is 4.78. The number of nitrogen functional groups attached to an aromatic ring is 1. The van der Waals surface area contributed by atoms with Gasteiger partial charge in [-0.15, -0.1) is 4.83 Å². The number of nitriles is 1. The van der Waals surface area contributed by atoms with E-state index in [9.17, 15) is 13.7 Å². The summed E-state index contributed by atoms with van der Waals surface area (Å²) in [5, 5.41) is 9.65. The van der Waals surface area contributed by atoms with Crippen LogP contribution in [0.4, 0.5) is 11.8 Å². The van der Waals surface area contributed by atoms with E-state index in [0.717, 1.165) is 6.26 Å². The molecular formula is C11H15N7O2S. The van der Waals surface area contributed by atoms with Crippen molar-refractivity contribution in [1.29, 1.82) is 5.26 Å². The fourth-order valence-corrected chi connectivity index (χ4v) is 2.16. The summed E-state index contributed by atoms with van der Waals surface area (Å²) < 4.78 is 24.1. The molecule has 0 saturated carbocycles. The van der Waals surface area contributed by atoms with Crippen LogP contribution < -0.4 is 16.0 Å². The summed E-state index contributed by atoms with van der Waals surface area (Å²) >= 11 is 0. The van der Waals surface area contributed by atoms with Crippen molar-refractivity contribution in [1.82, 2.24) is 19.4 Å². The smallest absolute Gasteiger partial charge is 0.225 e. The number of hydrogen-bond acceptors (Lipinski definition) is 7. The van der Waals surface area contributed by atoms with E-state index in [4.69, 9.17) is 5.73 Å². The molecule has 0 aliphatic carbocycles. The average Bonchev–Trinajstić information content (AvgIpc) is 2.73. The molecule has 10 heteroatoms. The molecule has 9 nitrogen and oxygen atoms in total. The Hall–Kier alpha value is -2.38. The Kier molecular flexibility index (Phi) is 3.71. The Bertz CT molecular complexity index is 832. The first-order chi connectivity index (χ1) is 9.73. The molecule has 0 radical (unpaired) electrons. The molecule has 0 aromatic carbocycles. The van der Waals surface area contributed by atoms with E-state index in [1.807, 2.05) is 19.9 Å². The van der Waals surface area contributed by atoms with Crippen LogP contribution in [0.3, 0.4) is 0 Å². The summed E-state index contributed by atoms with van der Waals surface area (Å²) in [4.78, 5) is 10.2. The molecule has 0 unspecified atom stereocenters. The molecule has 2 aromatic rings. The lowest BCUT2D eigenvalue weighted by atomic mass is 10.2. The van der Waals surface area contributed by atoms with Gasteiger partial charge < -0.3 is 10.3 Å². The van der Waals surface area contributed by atoms with Gasteiger partial charge in [-0.25, -0.2) is 8.42 Å². The number of nitrogens with two attached hydrogens (primary N) is 1. The maximum Gasteiger partial charge on any atom is 0.225 e. The van der Waals surface area contributed by atoms with Gasteiger partial charge in [-0.3, -0.25) is 5.43 Å². The predicted molar refractivity (Wildman–Crippen MR) is 78.6 cm³/mol. The summed E-state index contributed by atoms with van der Waals surface area (Å²) in [5.74, 6) is 0.115. The van der Waals surface area contributed by atoms with Crippen molar-refractivity contribution in [3.8, 4) is 6.07 Å². The fraction of sp³-hybridized carbons (Fsp3) is 0.364. The van der Waals surface area contributed by atoms with E-state index >= 15 is 0 Å². The van der Waals surface area contributed by atoms with E-state index in [2.05, 4.69) is 20.2 Å². The number of rotatable bonds is 4. The average molecular weight is 309 g/mol. The summed E-state index contributed by atoms with van der Waals surface area (Å²) in [6, 6.07) is 2.10. The number of aromatic nitrogens is 3. The van der Waals surface area contributed by atoms with Gasteiger partial charge in [-0.2, -0.15) is 15.2 Å². The SMILES string of the molecule is CC(C)n1cc(C#N)c2c(NNS(C)(=O)=O)nc(N)nc21. The zero-order chi connectivity index (χ0) is 15.8. The zero-order valence-corrected chi connectivity index (χ0v) is 12.6. The number of hydrogen-bond donors (Lipinski definition) is 3. The highest BCUT2D eigenvalue weighted by atomic mass is 32.2. The van der Waals surface area contributed by atoms with Gasteiger partial charge in [0.15, 0.2) is 5.82 Å². The van der Waals surface area contributed by atoms with Crippen molar-refractivity contribution in [3.63, 3.8) is 0 Å². The van der Waals surface area contributed by atoms with E-state index in [-0.39, 0.29) is 17.8 Å². The van der Waals surface area contributed by atoms with Crippen molar-refractivity contribution < 1.29 is 8.42 Å². The Labute approximate surface area is 121 Å². The third kappa shape index (κ3) is 3.04. The van der Waals surface area contributed by atoms with Crippen molar-refractivity contribution in [2.75, 3.05) is 17.4 Å². The first kappa shape index (κ1) is 15.0. The Morgan fingerprint density at radius 3 is 2.62 bits per heavy atom. The van der Waals surface area contributed by atoms with Gasteiger partial charge in [0.2, 0.25) is 16.0 Å². The van der Waals surface area contributed by atoms with Crippen LogP contribution in [0.15, 0.2) is 6.20 Å². The first-order valence-electron chi connectivity index (χ1n) is 6.04. The van der Waals surface area contributed by atoms with Gasteiger partial charge in [0.25, 0.3) is 0 Å². The predicted octanol–water partition coefficient (Wildman–Crippen LogP) is 0.342. The molecular weight excluding hydrogens is 294 g/mol. The van der Waals surface area contributed by atoms with Crippen LogP contribution in [0.25, 0.3) is 11.0 Å². The lowest BCUT2D eigenvalue weighted by Crippen LogP contribution is -2.29. The second kappa shape index (κ2) is 5.19. The van der Waals surface area contributed by atoms with Crippen molar-refractivity contribution >= 4 is 32.8 Å². The summed E-state index contributed by atoms with van der Waals surface area (Å²) in [7, 11) is -3.48. The van der Waals surface area contributed by atoms with Crippen LogP contribution in [0, 0.1) is 11.3 Å². The fourth-order valence-electron chi connectivity index (χ4n) is 1.88. The van der Waals surface area contributed by atoms with Crippen LogP contribution in [0.5, 0.6) is 0 Å². The molecule has 2 heterocycles. The molecule has 0 saturated heterocycles. The lowest BCUT2D eigenvalue weighted by Gasteiger charge is -2.10. The number of fused-ring (bicyclic) bond motifs is 1. The van der Waals surface area contributed by atoms with Crippen LogP contribution in [0.1, 0.15) is 25.5 Å². The highest BCUT2D eigenvalue weighted by Crippen LogP contribution is 2.28. The molecule has 112 valence electrons. The highest BCUT2D eigenvalue weighted by Gasteiger charge is 2.18. The molecule has 4 N–H and O–H groups in total. The number of anilines is 2. The minimum Gasteiger partial charge on any atom is -0.368 e. The molecule has 0 atom stereocenters. The van der Waals surface area contributed by atoms with Gasteiger partial charge in [-0.1, -0.05) is 0 Å². The molecule has 0 amide bonds. The van der Waals surface area contributed by atoms with E-state index < -0.39 is 10.0 Å². The third-order valence-corrected chi connectivity index (χ3v) is 3.19. The van der Waals surface area contributed by atoms with E-state index in [1.54, 1.807) is 10.8 Å².